The molecule has 1 heterocycles. The number of methoxy groups -OCH3 is 1. The lowest BCUT2D eigenvalue weighted by Gasteiger charge is -2.13. The van der Waals surface area contributed by atoms with Crippen LogP contribution in [0.3, 0.4) is 0 Å². The molecule has 0 aliphatic heterocycles. The second-order valence-corrected chi connectivity index (χ2v) is 4.49. The number of rotatable bonds is 6. The van der Waals surface area contributed by atoms with Gasteiger partial charge in [-0.15, -0.1) is 0 Å². The Labute approximate surface area is 113 Å². The summed E-state index contributed by atoms with van der Waals surface area (Å²) in [6, 6.07) is 12.5. The lowest BCUT2D eigenvalue weighted by molar-refractivity contribution is 0.397. The van der Waals surface area contributed by atoms with Gasteiger partial charge in [-0.2, -0.15) is 4.98 Å². The molecule has 4 nitrogen and oxygen atoms in total. The van der Waals surface area contributed by atoms with Crippen molar-refractivity contribution in [2.45, 2.75) is 25.8 Å². The van der Waals surface area contributed by atoms with E-state index in [1.165, 1.54) is 5.56 Å². The summed E-state index contributed by atoms with van der Waals surface area (Å²) in [4.78, 5) is 8.42. The van der Waals surface area contributed by atoms with E-state index in [0.29, 0.717) is 17.9 Å². The summed E-state index contributed by atoms with van der Waals surface area (Å²) in [5.74, 6) is 1.19. The molecule has 0 radical (unpaired) electrons. The molecule has 100 valence electrons. The summed E-state index contributed by atoms with van der Waals surface area (Å²) in [5, 5.41) is 3.28. The Morgan fingerprint density at radius 1 is 1.21 bits per heavy atom. The standard InChI is InChI=1S/C15H19N3O/c1-12(8-9-13-6-4-3-5-7-13)17-15-16-11-10-14(18-15)19-2/h3-7,10-12H,8-9H2,1-2H3,(H,16,17,18). The highest BCUT2D eigenvalue weighted by Crippen LogP contribution is 2.11. The molecular formula is C15H19N3O. The van der Waals surface area contributed by atoms with Gasteiger partial charge in [-0.05, 0) is 25.3 Å². The molecule has 1 aromatic carbocycles. The van der Waals surface area contributed by atoms with E-state index in [1.807, 2.05) is 6.07 Å². The van der Waals surface area contributed by atoms with Crippen LogP contribution in [0.25, 0.3) is 0 Å². The third kappa shape index (κ3) is 4.25. The van der Waals surface area contributed by atoms with Crippen LogP contribution in [0.15, 0.2) is 42.6 Å². The molecule has 0 bridgehead atoms. The van der Waals surface area contributed by atoms with Crippen LogP contribution in [0.4, 0.5) is 5.95 Å². The monoisotopic (exact) mass is 257 g/mol. The largest absolute Gasteiger partial charge is 0.481 e. The number of benzene rings is 1. The zero-order chi connectivity index (χ0) is 13.5. The summed E-state index contributed by atoms with van der Waals surface area (Å²) < 4.78 is 5.07. The summed E-state index contributed by atoms with van der Waals surface area (Å²) in [6.07, 6.45) is 3.77. The van der Waals surface area contributed by atoms with Gasteiger partial charge in [-0.1, -0.05) is 30.3 Å². The number of nitrogens with one attached hydrogen (secondary N) is 1. The molecule has 1 N–H and O–H groups in total. The quantitative estimate of drug-likeness (QED) is 0.864. The van der Waals surface area contributed by atoms with Crippen molar-refractivity contribution in [1.29, 1.82) is 0 Å². The Kier molecular flexibility index (Phi) is 4.72. The molecule has 4 heteroatoms. The molecule has 0 aliphatic rings. The highest BCUT2D eigenvalue weighted by molar-refractivity contribution is 5.28. The van der Waals surface area contributed by atoms with Crippen LogP contribution in [0.5, 0.6) is 5.88 Å². The first-order valence-electron chi connectivity index (χ1n) is 6.45. The number of aromatic nitrogens is 2. The van der Waals surface area contributed by atoms with Crippen molar-refractivity contribution in [3.8, 4) is 5.88 Å². The molecule has 0 saturated heterocycles. The van der Waals surface area contributed by atoms with Crippen molar-refractivity contribution in [1.82, 2.24) is 9.97 Å². The summed E-state index contributed by atoms with van der Waals surface area (Å²) >= 11 is 0. The van der Waals surface area contributed by atoms with E-state index in [9.17, 15) is 0 Å². The zero-order valence-corrected chi connectivity index (χ0v) is 11.3. The number of hydrogen-bond acceptors (Lipinski definition) is 4. The summed E-state index contributed by atoms with van der Waals surface area (Å²) in [7, 11) is 1.60. The maximum Gasteiger partial charge on any atom is 0.226 e. The minimum Gasteiger partial charge on any atom is -0.481 e. The van der Waals surface area contributed by atoms with Gasteiger partial charge in [-0.25, -0.2) is 4.98 Å². The third-order valence-electron chi connectivity index (χ3n) is 2.92. The second kappa shape index (κ2) is 6.73. The van der Waals surface area contributed by atoms with Crippen molar-refractivity contribution in [3.05, 3.63) is 48.2 Å². The van der Waals surface area contributed by atoms with E-state index in [0.717, 1.165) is 12.8 Å². The van der Waals surface area contributed by atoms with Gasteiger partial charge in [0.05, 0.1) is 7.11 Å². The third-order valence-corrected chi connectivity index (χ3v) is 2.92. The zero-order valence-electron chi connectivity index (χ0n) is 11.3. The average molecular weight is 257 g/mol. The number of aryl methyl sites for hydroxylation is 1. The Morgan fingerprint density at radius 2 is 2.00 bits per heavy atom. The fraction of sp³-hybridized carbons (Fsp3) is 0.333. The molecule has 0 spiro atoms. The first-order valence-corrected chi connectivity index (χ1v) is 6.45. The number of anilines is 1. The van der Waals surface area contributed by atoms with Gasteiger partial charge in [0.2, 0.25) is 11.8 Å². The molecule has 19 heavy (non-hydrogen) atoms. The van der Waals surface area contributed by atoms with Gasteiger partial charge >= 0.3 is 0 Å². The van der Waals surface area contributed by atoms with E-state index in [1.54, 1.807) is 19.4 Å². The first kappa shape index (κ1) is 13.3. The highest BCUT2D eigenvalue weighted by atomic mass is 16.5. The Hall–Kier alpha value is -2.10. The summed E-state index contributed by atoms with van der Waals surface area (Å²) in [5.41, 5.74) is 1.35. The fourth-order valence-corrected chi connectivity index (χ4v) is 1.85. The number of hydrogen-bond donors (Lipinski definition) is 1. The molecule has 1 aromatic heterocycles. The van der Waals surface area contributed by atoms with Crippen LogP contribution in [0, 0.1) is 0 Å². The lowest BCUT2D eigenvalue weighted by atomic mass is 10.1. The lowest BCUT2D eigenvalue weighted by Crippen LogP contribution is -2.17. The molecule has 1 atom stereocenters. The van der Waals surface area contributed by atoms with E-state index in [2.05, 4.69) is 46.5 Å². The van der Waals surface area contributed by atoms with Crippen LogP contribution >= 0.6 is 0 Å². The maximum atomic E-state index is 5.07. The van der Waals surface area contributed by atoms with Gasteiger partial charge in [0.15, 0.2) is 0 Å². The van der Waals surface area contributed by atoms with E-state index < -0.39 is 0 Å². The first-order chi connectivity index (χ1) is 9.28. The smallest absolute Gasteiger partial charge is 0.226 e. The van der Waals surface area contributed by atoms with E-state index >= 15 is 0 Å². The second-order valence-electron chi connectivity index (χ2n) is 4.49. The van der Waals surface area contributed by atoms with Gasteiger partial charge < -0.3 is 10.1 Å². The Morgan fingerprint density at radius 3 is 2.74 bits per heavy atom. The van der Waals surface area contributed by atoms with Crippen LogP contribution < -0.4 is 10.1 Å². The topological polar surface area (TPSA) is 47.0 Å². The van der Waals surface area contributed by atoms with Crippen molar-refractivity contribution < 1.29 is 4.74 Å². The van der Waals surface area contributed by atoms with Crippen LogP contribution in [0.2, 0.25) is 0 Å². The molecular weight excluding hydrogens is 238 g/mol. The molecule has 0 aliphatic carbocycles. The normalized spacial score (nSPS) is 11.9. The Bertz CT molecular complexity index is 502. The molecule has 1 unspecified atom stereocenters. The average Bonchev–Trinajstić information content (AvgIpc) is 2.46. The van der Waals surface area contributed by atoms with Gasteiger partial charge in [0.1, 0.15) is 0 Å². The van der Waals surface area contributed by atoms with Gasteiger partial charge in [0, 0.05) is 18.3 Å². The highest BCUT2D eigenvalue weighted by Gasteiger charge is 2.05. The van der Waals surface area contributed by atoms with Crippen LogP contribution in [-0.4, -0.2) is 23.1 Å². The SMILES string of the molecule is COc1ccnc(NC(C)CCc2ccccc2)n1. The predicted octanol–water partition coefficient (Wildman–Crippen LogP) is 2.92. The minimum absolute atomic E-state index is 0.312. The molecule has 0 amide bonds. The molecule has 2 rings (SSSR count). The van der Waals surface area contributed by atoms with Gasteiger partial charge in [-0.3, -0.25) is 0 Å². The van der Waals surface area contributed by atoms with E-state index in [4.69, 9.17) is 4.74 Å². The fourth-order valence-electron chi connectivity index (χ4n) is 1.85. The number of ether oxygens (including phenoxy) is 1. The predicted molar refractivity (Wildman–Crippen MR) is 76.4 cm³/mol. The molecule has 2 aromatic rings. The van der Waals surface area contributed by atoms with Crippen LogP contribution in [-0.2, 0) is 6.42 Å². The molecule has 0 saturated carbocycles. The van der Waals surface area contributed by atoms with Crippen molar-refractivity contribution >= 4 is 5.95 Å². The van der Waals surface area contributed by atoms with Crippen molar-refractivity contribution in [2.24, 2.45) is 0 Å². The summed E-state index contributed by atoms with van der Waals surface area (Å²) in [6.45, 7) is 2.13. The van der Waals surface area contributed by atoms with Crippen LogP contribution in [0.1, 0.15) is 18.9 Å². The minimum atomic E-state index is 0.312. The Balaban J connectivity index is 1.85. The maximum absolute atomic E-state index is 5.07. The van der Waals surface area contributed by atoms with Gasteiger partial charge in [0.25, 0.3) is 0 Å². The van der Waals surface area contributed by atoms with Crippen molar-refractivity contribution in [3.63, 3.8) is 0 Å². The van der Waals surface area contributed by atoms with E-state index in [-0.39, 0.29) is 0 Å². The number of nitrogens with zero attached hydrogens (tertiary/aromatic N) is 2. The van der Waals surface area contributed by atoms with Crippen molar-refractivity contribution in [2.75, 3.05) is 12.4 Å². The molecule has 0 fully saturated rings.